The highest BCUT2D eigenvalue weighted by molar-refractivity contribution is 5.97. The molecule has 1 atom stereocenters. The molecule has 0 bridgehead atoms. The molecular weight excluding hydrogens is 220 g/mol. The first-order valence-corrected chi connectivity index (χ1v) is 4.56. The Kier molecular flexibility index (Phi) is 3.78. The average Bonchev–Trinajstić information content (AvgIpc) is 2.12. The van der Waals surface area contributed by atoms with Crippen LogP contribution in [0.25, 0.3) is 0 Å². The van der Waals surface area contributed by atoms with E-state index in [0.29, 0.717) is 12.1 Å². The normalized spacial score (nSPS) is 12.2. The molecule has 0 saturated carbocycles. The monoisotopic (exact) mass is 231 g/mol. The first-order valence-electron chi connectivity index (χ1n) is 4.56. The number of rotatable bonds is 3. The lowest BCUT2D eigenvalue weighted by atomic mass is 10.1. The molecule has 0 aliphatic rings. The lowest BCUT2D eigenvalue weighted by molar-refractivity contribution is 0.0917. The van der Waals surface area contributed by atoms with Crippen LogP contribution in [0.1, 0.15) is 17.3 Å². The van der Waals surface area contributed by atoms with E-state index in [1.807, 2.05) is 0 Å². The standard InChI is InChI=1S/C10H11F2NO3/c1-5(14)4-13-10(16)9-7(12)2-6(11)3-8(9)15/h2-3,5,14-15H,4H2,1H3,(H,13,16). The highest BCUT2D eigenvalue weighted by atomic mass is 19.1. The van der Waals surface area contributed by atoms with Crippen LogP contribution >= 0.6 is 0 Å². The number of hydrogen-bond donors (Lipinski definition) is 3. The third-order valence-corrected chi connectivity index (χ3v) is 1.82. The van der Waals surface area contributed by atoms with Crippen LogP contribution in [0.15, 0.2) is 12.1 Å². The Bertz CT molecular complexity index is 384. The van der Waals surface area contributed by atoms with Crippen molar-refractivity contribution in [3.63, 3.8) is 0 Å². The van der Waals surface area contributed by atoms with Crippen molar-refractivity contribution >= 4 is 5.91 Å². The lowest BCUT2D eigenvalue weighted by Crippen LogP contribution is -2.31. The van der Waals surface area contributed by atoms with E-state index in [2.05, 4.69) is 5.32 Å². The van der Waals surface area contributed by atoms with Gasteiger partial charge in [0.1, 0.15) is 22.9 Å². The van der Waals surface area contributed by atoms with Crippen molar-refractivity contribution in [3.8, 4) is 5.75 Å². The molecule has 1 aromatic rings. The molecule has 0 aromatic heterocycles. The second kappa shape index (κ2) is 4.89. The summed E-state index contributed by atoms with van der Waals surface area (Å²) in [6.45, 7) is 1.34. The molecular formula is C10H11F2NO3. The highest BCUT2D eigenvalue weighted by Gasteiger charge is 2.18. The first-order chi connectivity index (χ1) is 7.41. The first kappa shape index (κ1) is 12.4. The van der Waals surface area contributed by atoms with E-state index >= 15 is 0 Å². The number of benzene rings is 1. The number of carbonyl (C=O) groups is 1. The predicted molar refractivity (Wildman–Crippen MR) is 52.0 cm³/mol. The van der Waals surface area contributed by atoms with Crippen molar-refractivity contribution in [2.45, 2.75) is 13.0 Å². The van der Waals surface area contributed by atoms with Gasteiger partial charge in [-0.2, -0.15) is 0 Å². The molecule has 16 heavy (non-hydrogen) atoms. The van der Waals surface area contributed by atoms with Gasteiger partial charge in [0.25, 0.3) is 5.91 Å². The number of halogens is 2. The van der Waals surface area contributed by atoms with Gasteiger partial charge in [0, 0.05) is 18.7 Å². The maximum Gasteiger partial charge on any atom is 0.258 e. The molecule has 0 fully saturated rings. The Morgan fingerprint density at radius 3 is 2.62 bits per heavy atom. The molecule has 0 saturated heterocycles. The minimum absolute atomic E-state index is 0.0882. The van der Waals surface area contributed by atoms with Gasteiger partial charge in [0.15, 0.2) is 0 Å². The lowest BCUT2D eigenvalue weighted by Gasteiger charge is -2.09. The minimum Gasteiger partial charge on any atom is -0.507 e. The van der Waals surface area contributed by atoms with E-state index in [1.165, 1.54) is 6.92 Å². The second-order valence-electron chi connectivity index (χ2n) is 3.34. The fourth-order valence-corrected chi connectivity index (χ4v) is 1.11. The number of aliphatic hydroxyl groups is 1. The van der Waals surface area contributed by atoms with Gasteiger partial charge in [0.05, 0.1) is 6.10 Å². The third kappa shape index (κ3) is 2.90. The molecule has 1 amide bonds. The molecule has 0 aliphatic heterocycles. The Balaban J connectivity index is 2.91. The molecule has 88 valence electrons. The van der Waals surface area contributed by atoms with Crippen molar-refractivity contribution in [2.24, 2.45) is 0 Å². The fourth-order valence-electron chi connectivity index (χ4n) is 1.11. The summed E-state index contributed by atoms with van der Waals surface area (Å²) in [5.41, 5.74) is -0.637. The molecule has 4 nitrogen and oxygen atoms in total. The van der Waals surface area contributed by atoms with Gasteiger partial charge in [-0.3, -0.25) is 4.79 Å². The summed E-state index contributed by atoms with van der Waals surface area (Å²) in [6, 6.07) is 1.14. The zero-order valence-corrected chi connectivity index (χ0v) is 8.50. The van der Waals surface area contributed by atoms with Crippen LogP contribution in [0.2, 0.25) is 0 Å². The molecule has 1 unspecified atom stereocenters. The van der Waals surface area contributed by atoms with Crippen LogP contribution in [-0.2, 0) is 0 Å². The number of nitrogens with one attached hydrogen (secondary N) is 1. The van der Waals surface area contributed by atoms with Gasteiger partial charge in [-0.1, -0.05) is 0 Å². The third-order valence-electron chi connectivity index (χ3n) is 1.82. The largest absolute Gasteiger partial charge is 0.507 e. The number of carbonyl (C=O) groups excluding carboxylic acids is 1. The number of aromatic hydroxyl groups is 1. The molecule has 0 aliphatic carbocycles. The van der Waals surface area contributed by atoms with E-state index < -0.39 is 35.0 Å². The molecule has 1 rings (SSSR count). The van der Waals surface area contributed by atoms with Crippen LogP contribution in [-0.4, -0.2) is 28.8 Å². The topological polar surface area (TPSA) is 69.6 Å². The van der Waals surface area contributed by atoms with Crippen LogP contribution in [0.3, 0.4) is 0 Å². The quantitative estimate of drug-likeness (QED) is 0.720. The van der Waals surface area contributed by atoms with Crippen LogP contribution < -0.4 is 5.32 Å². The van der Waals surface area contributed by atoms with Crippen molar-refractivity contribution in [1.29, 1.82) is 0 Å². The molecule has 0 heterocycles. The van der Waals surface area contributed by atoms with Gasteiger partial charge in [0.2, 0.25) is 0 Å². The maximum atomic E-state index is 13.2. The Morgan fingerprint density at radius 2 is 2.12 bits per heavy atom. The van der Waals surface area contributed by atoms with Gasteiger partial charge in [-0.15, -0.1) is 0 Å². The minimum atomic E-state index is -1.15. The zero-order valence-electron chi connectivity index (χ0n) is 8.50. The van der Waals surface area contributed by atoms with Gasteiger partial charge in [-0.05, 0) is 6.92 Å². The van der Waals surface area contributed by atoms with E-state index in [0.717, 1.165) is 0 Å². The van der Waals surface area contributed by atoms with Crippen molar-refractivity contribution in [3.05, 3.63) is 29.3 Å². The van der Waals surface area contributed by atoms with Gasteiger partial charge in [-0.25, -0.2) is 8.78 Å². The van der Waals surface area contributed by atoms with Crippen molar-refractivity contribution in [1.82, 2.24) is 5.32 Å². The molecule has 1 aromatic carbocycles. The Morgan fingerprint density at radius 1 is 1.50 bits per heavy atom. The molecule has 3 N–H and O–H groups in total. The molecule has 6 heteroatoms. The molecule has 0 spiro atoms. The smallest absolute Gasteiger partial charge is 0.258 e. The van der Waals surface area contributed by atoms with E-state index in [-0.39, 0.29) is 6.54 Å². The van der Waals surface area contributed by atoms with Gasteiger partial charge < -0.3 is 15.5 Å². The average molecular weight is 231 g/mol. The fraction of sp³-hybridized carbons (Fsp3) is 0.300. The number of hydrogen-bond acceptors (Lipinski definition) is 3. The van der Waals surface area contributed by atoms with E-state index in [1.54, 1.807) is 0 Å². The summed E-state index contributed by atoms with van der Waals surface area (Å²) < 4.78 is 25.8. The summed E-state index contributed by atoms with van der Waals surface area (Å²) in [5, 5.41) is 20.3. The second-order valence-corrected chi connectivity index (χ2v) is 3.34. The number of phenols is 1. The number of amides is 1. The van der Waals surface area contributed by atoms with Crippen LogP contribution in [0.4, 0.5) is 8.78 Å². The Hall–Kier alpha value is -1.69. The summed E-state index contributed by atoms with van der Waals surface area (Å²) in [7, 11) is 0. The van der Waals surface area contributed by atoms with Crippen LogP contribution in [0.5, 0.6) is 5.75 Å². The summed E-state index contributed by atoms with van der Waals surface area (Å²) in [4.78, 5) is 11.4. The SMILES string of the molecule is CC(O)CNC(=O)c1c(O)cc(F)cc1F. The van der Waals surface area contributed by atoms with E-state index in [4.69, 9.17) is 5.11 Å². The number of aliphatic hydroxyl groups excluding tert-OH is 1. The zero-order chi connectivity index (χ0) is 12.3. The predicted octanol–water partition coefficient (Wildman–Crippen LogP) is 0.781. The maximum absolute atomic E-state index is 13.2. The van der Waals surface area contributed by atoms with E-state index in [9.17, 15) is 18.7 Å². The van der Waals surface area contributed by atoms with Crippen LogP contribution in [0, 0.1) is 11.6 Å². The van der Waals surface area contributed by atoms with Crippen molar-refractivity contribution in [2.75, 3.05) is 6.54 Å². The summed E-state index contributed by atoms with van der Waals surface area (Å²) in [6.07, 6.45) is -0.797. The van der Waals surface area contributed by atoms with Crippen molar-refractivity contribution < 1.29 is 23.8 Å². The molecule has 0 radical (unpaired) electrons. The van der Waals surface area contributed by atoms with Gasteiger partial charge >= 0.3 is 0 Å². The summed E-state index contributed by atoms with van der Waals surface area (Å²) >= 11 is 0. The summed E-state index contributed by atoms with van der Waals surface area (Å²) in [5.74, 6) is -3.81. The number of phenolic OH excluding ortho intramolecular Hbond substituents is 1. The Labute approximate surface area is 90.5 Å². The highest BCUT2D eigenvalue weighted by Crippen LogP contribution is 2.21.